The fourth-order valence-electron chi connectivity index (χ4n) is 3.12. The molecule has 0 saturated carbocycles. The first kappa shape index (κ1) is 17.7. The molecular weight excluding hydrogens is 330 g/mol. The largest absolute Gasteiger partial charge is 0.369 e. The van der Waals surface area contributed by atoms with Crippen LogP contribution in [0.3, 0.4) is 0 Å². The molecule has 2 heterocycles. The second-order valence-electron chi connectivity index (χ2n) is 6.26. The predicted molar refractivity (Wildman–Crippen MR) is 107 cm³/mol. The van der Waals surface area contributed by atoms with E-state index in [1.54, 1.807) is 17.4 Å². The Bertz CT molecular complexity index is 731. The standard InChI is InChI=1S/C20H25N3OS/c1-3-22-10-12-23(13-11-22)19-8-6-17(15-16(19)2)21-20(24)9-7-18-5-4-14-25-18/h4-9,14-15H,3,10-13H2,1-2H3,(H,21,24)/b9-7+. The molecule has 2 aromatic rings. The maximum absolute atomic E-state index is 12.1. The number of benzene rings is 1. The van der Waals surface area contributed by atoms with E-state index in [0.717, 1.165) is 43.3 Å². The van der Waals surface area contributed by atoms with Gasteiger partial charge in [-0.2, -0.15) is 0 Å². The van der Waals surface area contributed by atoms with Crippen molar-refractivity contribution in [2.24, 2.45) is 0 Å². The van der Waals surface area contributed by atoms with Gasteiger partial charge >= 0.3 is 0 Å². The molecule has 132 valence electrons. The van der Waals surface area contributed by atoms with Crippen molar-refractivity contribution in [1.82, 2.24) is 4.90 Å². The Balaban J connectivity index is 1.61. The van der Waals surface area contributed by atoms with Gasteiger partial charge in [0.15, 0.2) is 0 Å². The minimum atomic E-state index is -0.0999. The summed E-state index contributed by atoms with van der Waals surface area (Å²) >= 11 is 1.62. The molecule has 0 unspecified atom stereocenters. The van der Waals surface area contributed by atoms with Crippen molar-refractivity contribution in [3.63, 3.8) is 0 Å². The third kappa shape index (κ3) is 4.71. The van der Waals surface area contributed by atoms with E-state index in [9.17, 15) is 4.79 Å². The number of rotatable bonds is 5. The summed E-state index contributed by atoms with van der Waals surface area (Å²) in [5.41, 5.74) is 3.31. The number of likely N-dealkylation sites (N-methyl/N-ethyl adjacent to an activating group) is 1. The van der Waals surface area contributed by atoms with E-state index in [-0.39, 0.29) is 5.91 Å². The fourth-order valence-corrected chi connectivity index (χ4v) is 3.74. The molecule has 0 bridgehead atoms. The summed E-state index contributed by atoms with van der Waals surface area (Å²) in [5.74, 6) is -0.0999. The quantitative estimate of drug-likeness (QED) is 0.828. The molecule has 3 rings (SSSR count). The molecule has 1 saturated heterocycles. The molecule has 1 aromatic carbocycles. The van der Waals surface area contributed by atoms with Crippen LogP contribution in [0.25, 0.3) is 6.08 Å². The van der Waals surface area contributed by atoms with Crippen molar-refractivity contribution < 1.29 is 4.79 Å². The Kier molecular flexibility index (Phi) is 5.89. The molecular formula is C20H25N3OS. The van der Waals surface area contributed by atoms with Gasteiger partial charge in [0.2, 0.25) is 5.91 Å². The second-order valence-corrected chi connectivity index (χ2v) is 7.24. The van der Waals surface area contributed by atoms with Gasteiger partial charge in [0.1, 0.15) is 0 Å². The van der Waals surface area contributed by atoms with Crippen LogP contribution in [-0.4, -0.2) is 43.5 Å². The Labute approximate surface area is 153 Å². The molecule has 1 aliphatic rings. The van der Waals surface area contributed by atoms with Gasteiger partial charge in [-0.3, -0.25) is 4.79 Å². The number of anilines is 2. The van der Waals surface area contributed by atoms with Crippen LogP contribution in [0, 0.1) is 6.92 Å². The first-order valence-electron chi connectivity index (χ1n) is 8.76. The minimum absolute atomic E-state index is 0.0999. The van der Waals surface area contributed by atoms with E-state index in [2.05, 4.69) is 41.1 Å². The molecule has 1 aliphatic heterocycles. The summed E-state index contributed by atoms with van der Waals surface area (Å²) in [5, 5.41) is 4.94. The lowest BCUT2D eigenvalue weighted by atomic mass is 10.1. The van der Waals surface area contributed by atoms with E-state index < -0.39 is 0 Å². The summed E-state index contributed by atoms with van der Waals surface area (Å²) in [7, 11) is 0. The molecule has 0 radical (unpaired) electrons. The Morgan fingerprint density at radius 2 is 2.04 bits per heavy atom. The number of nitrogens with one attached hydrogen (secondary N) is 1. The third-order valence-corrected chi connectivity index (χ3v) is 5.40. The van der Waals surface area contributed by atoms with E-state index >= 15 is 0 Å². The van der Waals surface area contributed by atoms with E-state index in [0.29, 0.717) is 0 Å². The summed E-state index contributed by atoms with van der Waals surface area (Å²) in [6.07, 6.45) is 3.42. The zero-order valence-electron chi connectivity index (χ0n) is 14.9. The van der Waals surface area contributed by atoms with Crippen LogP contribution in [0.15, 0.2) is 41.8 Å². The maximum atomic E-state index is 12.1. The van der Waals surface area contributed by atoms with Crippen LogP contribution >= 0.6 is 11.3 Å². The summed E-state index contributed by atoms with van der Waals surface area (Å²) in [4.78, 5) is 18.0. The summed E-state index contributed by atoms with van der Waals surface area (Å²) in [6, 6.07) is 10.1. The van der Waals surface area contributed by atoms with Crippen molar-refractivity contribution in [1.29, 1.82) is 0 Å². The highest BCUT2D eigenvalue weighted by atomic mass is 32.1. The fraction of sp³-hybridized carbons (Fsp3) is 0.350. The topological polar surface area (TPSA) is 35.6 Å². The lowest BCUT2D eigenvalue weighted by Crippen LogP contribution is -2.46. The number of thiophene rings is 1. The molecule has 0 aliphatic carbocycles. The number of carbonyl (C=O) groups is 1. The maximum Gasteiger partial charge on any atom is 0.248 e. The molecule has 1 amide bonds. The number of aryl methyl sites for hydroxylation is 1. The Morgan fingerprint density at radius 1 is 1.24 bits per heavy atom. The highest BCUT2D eigenvalue weighted by Gasteiger charge is 2.17. The van der Waals surface area contributed by atoms with Crippen molar-refractivity contribution >= 4 is 34.7 Å². The summed E-state index contributed by atoms with van der Waals surface area (Å²) < 4.78 is 0. The number of hydrogen-bond acceptors (Lipinski definition) is 4. The molecule has 1 N–H and O–H groups in total. The number of piperazine rings is 1. The van der Waals surface area contributed by atoms with E-state index in [1.807, 2.05) is 29.7 Å². The highest BCUT2D eigenvalue weighted by Crippen LogP contribution is 2.25. The zero-order valence-corrected chi connectivity index (χ0v) is 15.7. The molecule has 0 atom stereocenters. The lowest BCUT2D eigenvalue weighted by Gasteiger charge is -2.36. The Hall–Kier alpha value is -2.11. The van der Waals surface area contributed by atoms with Gasteiger partial charge < -0.3 is 15.1 Å². The second kappa shape index (κ2) is 8.32. The first-order chi connectivity index (χ1) is 12.2. The number of hydrogen-bond donors (Lipinski definition) is 1. The molecule has 25 heavy (non-hydrogen) atoms. The molecule has 0 spiro atoms. The van der Waals surface area contributed by atoms with Gasteiger partial charge in [-0.1, -0.05) is 13.0 Å². The van der Waals surface area contributed by atoms with Crippen LogP contribution in [0.5, 0.6) is 0 Å². The zero-order chi connectivity index (χ0) is 17.6. The number of carbonyl (C=O) groups excluding carboxylic acids is 1. The summed E-state index contributed by atoms with van der Waals surface area (Å²) in [6.45, 7) is 9.79. The molecule has 1 fully saturated rings. The van der Waals surface area contributed by atoms with Gasteiger partial charge in [-0.25, -0.2) is 0 Å². The van der Waals surface area contributed by atoms with Gasteiger partial charge in [0.25, 0.3) is 0 Å². The lowest BCUT2D eigenvalue weighted by molar-refractivity contribution is -0.111. The predicted octanol–water partition coefficient (Wildman–Crippen LogP) is 3.85. The minimum Gasteiger partial charge on any atom is -0.369 e. The van der Waals surface area contributed by atoms with Crippen LogP contribution in [-0.2, 0) is 4.79 Å². The van der Waals surface area contributed by atoms with Crippen molar-refractivity contribution in [2.45, 2.75) is 13.8 Å². The van der Waals surface area contributed by atoms with Crippen molar-refractivity contribution in [3.05, 3.63) is 52.2 Å². The molecule has 1 aromatic heterocycles. The van der Waals surface area contributed by atoms with Crippen molar-refractivity contribution in [3.8, 4) is 0 Å². The van der Waals surface area contributed by atoms with E-state index in [1.165, 1.54) is 11.3 Å². The van der Waals surface area contributed by atoms with E-state index in [4.69, 9.17) is 0 Å². The third-order valence-electron chi connectivity index (χ3n) is 4.57. The monoisotopic (exact) mass is 355 g/mol. The van der Waals surface area contributed by atoms with Crippen LogP contribution in [0.4, 0.5) is 11.4 Å². The van der Waals surface area contributed by atoms with Gasteiger partial charge in [0, 0.05) is 48.5 Å². The van der Waals surface area contributed by atoms with Crippen LogP contribution < -0.4 is 10.2 Å². The first-order valence-corrected chi connectivity index (χ1v) is 9.64. The molecule has 4 nitrogen and oxygen atoms in total. The molecule has 5 heteroatoms. The van der Waals surface area contributed by atoms with Gasteiger partial charge in [-0.05, 0) is 54.8 Å². The Morgan fingerprint density at radius 3 is 2.68 bits per heavy atom. The normalized spacial score (nSPS) is 15.7. The average molecular weight is 356 g/mol. The average Bonchev–Trinajstić information content (AvgIpc) is 3.14. The van der Waals surface area contributed by atoms with Crippen molar-refractivity contribution in [2.75, 3.05) is 42.9 Å². The van der Waals surface area contributed by atoms with Crippen LogP contribution in [0.1, 0.15) is 17.4 Å². The van der Waals surface area contributed by atoms with Gasteiger partial charge in [0.05, 0.1) is 0 Å². The number of nitrogens with zero attached hydrogens (tertiary/aromatic N) is 2. The highest BCUT2D eigenvalue weighted by molar-refractivity contribution is 7.10. The smallest absolute Gasteiger partial charge is 0.248 e. The SMILES string of the molecule is CCN1CCN(c2ccc(NC(=O)/C=C/c3cccs3)cc2C)CC1. The number of amides is 1. The van der Waals surface area contributed by atoms with Crippen LogP contribution in [0.2, 0.25) is 0 Å². The van der Waals surface area contributed by atoms with Gasteiger partial charge in [-0.15, -0.1) is 11.3 Å².